The fraction of sp³-hybridized carbons (Fsp3) is 0.500. The van der Waals surface area contributed by atoms with Gasteiger partial charge in [0.2, 0.25) is 5.62 Å². The van der Waals surface area contributed by atoms with Gasteiger partial charge in [-0.1, -0.05) is 13.8 Å². The largest absolute Gasteiger partial charge is 0.335 e. The molecule has 1 aromatic heterocycles. The second-order valence-corrected chi connectivity index (χ2v) is 1.44. The average Bonchev–Trinajstić information content (AvgIpc) is 2.09. The Balaban J connectivity index is 0.000000461. The molecule has 0 saturated carbocycles. The van der Waals surface area contributed by atoms with Crippen molar-refractivity contribution in [1.82, 2.24) is 14.6 Å². The molecule has 0 atom stereocenters. The summed E-state index contributed by atoms with van der Waals surface area (Å²) in [5, 5.41) is 0. The third-order valence-corrected chi connectivity index (χ3v) is 0.862. The van der Waals surface area contributed by atoms with E-state index in [4.69, 9.17) is 5.84 Å². The van der Waals surface area contributed by atoms with Crippen LogP contribution in [0.15, 0.2) is 17.6 Å². The van der Waals surface area contributed by atoms with E-state index in [9.17, 15) is 0 Å². The van der Waals surface area contributed by atoms with Crippen molar-refractivity contribution in [1.29, 1.82) is 0 Å². The summed E-state index contributed by atoms with van der Waals surface area (Å²) < 4.78 is 1.25. The second kappa shape index (κ2) is 5.40. The van der Waals surface area contributed by atoms with Crippen LogP contribution in [0.1, 0.15) is 13.8 Å². The van der Waals surface area contributed by atoms with Gasteiger partial charge in [0.1, 0.15) is 12.7 Å². The summed E-state index contributed by atoms with van der Waals surface area (Å²) in [6.45, 7) is 4.00. The third-order valence-electron chi connectivity index (χ3n) is 0.862. The van der Waals surface area contributed by atoms with E-state index < -0.39 is 0 Å². The van der Waals surface area contributed by atoms with E-state index in [2.05, 4.69) is 15.0 Å². The van der Waals surface area contributed by atoms with Crippen LogP contribution in [0.25, 0.3) is 0 Å². The Bertz CT molecular complexity index is 251. The van der Waals surface area contributed by atoms with Gasteiger partial charge in [0.05, 0.1) is 0 Å². The maximum Gasteiger partial charge on any atom is 0.246 e. The predicted molar refractivity (Wildman–Crippen MR) is 43.0 cm³/mol. The molecule has 2 N–H and O–H groups in total. The molecule has 0 aliphatic carbocycles. The number of nitrogens with zero attached hydrogens (tertiary/aromatic N) is 4. The van der Waals surface area contributed by atoms with Crippen molar-refractivity contribution in [3.63, 3.8) is 0 Å². The third kappa shape index (κ3) is 2.79. The minimum atomic E-state index is 0.463. The number of aromatic nitrogens is 3. The lowest BCUT2D eigenvalue weighted by Gasteiger charge is -1.92. The van der Waals surface area contributed by atoms with E-state index in [1.165, 1.54) is 17.3 Å². The van der Waals surface area contributed by atoms with Gasteiger partial charge in [-0.2, -0.15) is 4.98 Å². The monoisotopic (exact) mass is 155 g/mol. The molecule has 0 saturated heterocycles. The van der Waals surface area contributed by atoms with Crippen LogP contribution in [0.5, 0.6) is 0 Å². The summed E-state index contributed by atoms with van der Waals surface area (Å²) in [6.07, 6.45) is 2.83. The molecule has 0 aliphatic rings. The molecule has 11 heavy (non-hydrogen) atoms. The summed E-state index contributed by atoms with van der Waals surface area (Å²) in [7, 11) is 1.62. The molecule has 1 rings (SSSR count). The molecule has 1 aromatic rings. The summed E-state index contributed by atoms with van der Waals surface area (Å²) in [6, 6.07) is 0. The van der Waals surface area contributed by atoms with Crippen LogP contribution in [-0.2, 0) is 0 Å². The smallest absolute Gasteiger partial charge is 0.246 e. The number of nitrogen functional groups attached to an aromatic ring is 1. The zero-order chi connectivity index (χ0) is 8.69. The maximum absolute atomic E-state index is 5.33. The zero-order valence-corrected chi connectivity index (χ0v) is 7.02. The average molecular weight is 155 g/mol. The van der Waals surface area contributed by atoms with Gasteiger partial charge in [-0.3, -0.25) is 4.99 Å². The first-order valence-electron chi connectivity index (χ1n) is 3.41. The van der Waals surface area contributed by atoms with Gasteiger partial charge in [-0.15, -0.1) is 0 Å². The van der Waals surface area contributed by atoms with Crippen molar-refractivity contribution in [2.24, 2.45) is 4.99 Å². The van der Waals surface area contributed by atoms with E-state index in [1.54, 1.807) is 7.05 Å². The zero-order valence-electron chi connectivity index (χ0n) is 7.02. The Morgan fingerprint density at radius 3 is 2.55 bits per heavy atom. The molecule has 5 heteroatoms. The van der Waals surface area contributed by atoms with Crippen LogP contribution in [0.2, 0.25) is 0 Å². The molecule has 0 aliphatic heterocycles. The molecule has 0 bridgehead atoms. The van der Waals surface area contributed by atoms with Crippen LogP contribution in [-0.4, -0.2) is 21.7 Å². The first-order valence-corrected chi connectivity index (χ1v) is 3.41. The summed E-state index contributed by atoms with van der Waals surface area (Å²) in [5.41, 5.74) is 0.463. The predicted octanol–water partition coefficient (Wildman–Crippen LogP) is -0.451. The molecular formula is C6H13N5. The Labute approximate surface area is 65.6 Å². The van der Waals surface area contributed by atoms with Crippen LogP contribution in [0.4, 0.5) is 0 Å². The lowest BCUT2D eigenvalue weighted by molar-refractivity contribution is 0.785. The van der Waals surface area contributed by atoms with Crippen molar-refractivity contribution < 1.29 is 0 Å². The number of hydrogen-bond donors (Lipinski definition) is 1. The number of nitrogens with two attached hydrogens (primary N) is 1. The van der Waals surface area contributed by atoms with Gasteiger partial charge in [0, 0.05) is 7.05 Å². The fourth-order valence-electron chi connectivity index (χ4n) is 0.478. The van der Waals surface area contributed by atoms with Gasteiger partial charge in [-0.05, 0) is 0 Å². The van der Waals surface area contributed by atoms with Crippen LogP contribution in [0, 0.1) is 0 Å². The highest BCUT2D eigenvalue weighted by Crippen LogP contribution is 1.58. The molecule has 62 valence electrons. The second-order valence-electron chi connectivity index (χ2n) is 1.44. The number of rotatable bonds is 0. The van der Waals surface area contributed by atoms with E-state index in [0.717, 1.165) is 0 Å². The topological polar surface area (TPSA) is 69.1 Å². The summed E-state index contributed by atoms with van der Waals surface area (Å²) in [5.74, 6) is 5.33. The Morgan fingerprint density at radius 2 is 2.18 bits per heavy atom. The first kappa shape index (κ1) is 9.61. The summed E-state index contributed by atoms with van der Waals surface area (Å²) >= 11 is 0. The van der Waals surface area contributed by atoms with Crippen molar-refractivity contribution in [2.75, 3.05) is 12.9 Å². The highest BCUT2D eigenvalue weighted by atomic mass is 15.3. The molecule has 0 fully saturated rings. The lowest BCUT2D eigenvalue weighted by atomic mass is 11.0. The summed E-state index contributed by atoms with van der Waals surface area (Å²) in [4.78, 5) is 11.2. The molecule has 0 radical (unpaired) electrons. The minimum Gasteiger partial charge on any atom is -0.335 e. The Kier molecular flexibility index (Phi) is 4.72. The molecular weight excluding hydrogens is 142 g/mol. The van der Waals surface area contributed by atoms with E-state index in [0.29, 0.717) is 5.62 Å². The number of hydrogen-bond acceptors (Lipinski definition) is 4. The van der Waals surface area contributed by atoms with Crippen molar-refractivity contribution in [3.05, 3.63) is 18.3 Å². The maximum atomic E-state index is 5.33. The molecule has 0 amide bonds. The van der Waals surface area contributed by atoms with Gasteiger partial charge >= 0.3 is 0 Å². The Hall–Kier alpha value is -1.39. The van der Waals surface area contributed by atoms with Gasteiger partial charge < -0.3 is 5.84 Å². The van der Waals surface area contributed by atoms with Gasteiger partial charge in [0.25, 0.3) is 0 Å². The molecule has 1 heterocycles. The Morgan fingerprint density at radius 1 is 1.55 bits per heavy atom. The van der Waals surface area contributed by atoms with Gasteiger partial charge in [0.15, 0.2) is 0 Å². The molecule has 0 unspecified atom stereocenters. The highest BCUT2D eigenvalue weighted by Gasteiger charge is 1.81. The first-order chi connectivity index (χ1) is 5.34. The van der Waals surface area contributed by atoms with Gasteiger partial charge in [-0.25, -0.2) is 9.66 Å². The minimum absolute atomic E-state index is 0.463. The van der Waals surface area contributed by atoms with E-state index in [-0.39, 0.29) is 0 Å². The van der Waals surface area contributed by atoms with E-state index in [1.807, 2.05) is 13.8 Å². The van der Waals surface area contributed by atoms with Crippen molar-refractivity contribution in [3.8, 4) is 0 Å². The SMILES string of the molecule is CC.CN=c1ncncn1N. The van der Waals surface area contributed by atoms with Crippen molar-refractivity contribution >= 4 is 0 Å². The van der Waals surface area contributed by atoms with E-state index >= 15 is 0 Å². The highest BCUT2D eigenvalue weighted by molar-refractivity contribution is 4.62. The normalized spacial score (nSPS) is 10.3. The molecule has 0 aromatic carbocycles. The standard InChI is InChI=1S/C4H7N5.C2H6/c1-6-4-8-2-7-3-9(4)5;1-2/h2-3H,5H2,1H3;1-2H3. The molecule has 0 spiro atoms. The molecule has 5 nitrogen and oxygen atoms in total. The van der Waals surface area contributed by atoms with Crippen LogP contribution >= 0.6 is 0 Å². The lowest BCUT2D eigenvalue weighted by Crippen LogP contribution is -2.30. The fourth-order valence-corrected chi connectivity index (χ4v) is 0.478. The van der Waals surface area contributed by atoms with Crippen LogP contribution < -0.4 is 11.5 Å². The van der Waals surface area contributed by atoms with Crippen LogP contribution in [0.3, 0.4) is 0 Å². The van der Waals surface area contributed by atoms with Crippen molar-refractivity contribution in [2.45, 2.75) is 13.8 Å². The quantitative estimate of drug-likeness (QED) is 0.516.